The Balaban J connectivity index is 2.47. The Bertz CT molecular complexity index is 740. The van der Waals surface area contributed by atoms with Crippen LogP contribution in [-0.2, 0) is 11.3 Å². The molecule has 0 aliphatic heterocycles. The summed E-state index contributed by atoms with van der Waals surface area (Å²) in [5, 5.41) is 1.95. The number of hydrogen-bond acceptors (Lipinski definition) is 5. The molecule has 0 aliphatic carbocycles. The van der Waals surface area contributed by atoms with E-state index in [2.05, 4.69) is 0 Å². The highest BCUT2D eigenvalue weighted by atomic mass is 31.1. The van der Waals surface area contributed by atoms with Crippen molar-refractivity contribution in [3.63, 3.8) is 0 Å². The van der Waals surface area contributed by atoms with Gasteiger partial charge in [-0.25, -0.2) is 4.39 Å². The van der Waals surface area contributed by atoms with Crippen LogP contribution >= 0.6 is 8.58 Å². The smallest absolute Gasteiger partial charge is 0.188 e. The van der Waals surface area contributed by atoms with Gasteiger partial charge in [-0.1, -0.05) is 14.6 Å². The lowest BCUT2D eigenvalue weighted by atomic mass is 10.2. The molecule has 0 amide bonds. The number of methoxy groups -OCH3 is 3. The monoisotopic (exact) mass is 381 g/mol. The van der Waals surface area contributed by atoms with Crippen molar-refractivity contribution in [1.29, 1.82) is 0 Å². The molecule has 0 heterocycles. The minimum Gasteiger partial charge on any atom is -0.497 e. The van der Waals surface area contributed by atoms with Crippen molar-refractivity contribution in [2.45, 2.75) is 6.54 Å². The molecule has 0 bridgehead atoms. The molecule has 1 unspecified atom stereocenters. The molecule has 0 fully saturated rings. The van der Waals surface area contributed by atoms with Gasteiger partial charge in [-0.2, -0.15) is 0 Å². The standard InChI is InChI=1S/C19H25FNO4P/c1-21(2)11-13-8-14(20)6-7-17(13)26-18-10-15(23-4)9-16(24-5)19(18)25-12-22-3/h6-10,26H,11-12H2,1-5H3. The second-order valence-electron chi connectivity index (χ2n) is 5.92. The van der Waals surface area contributed by atoms with Gasteiger partial charge in [0.25, 0.3) is 0 Å². The van der Waals surface area contributed by atoms with Crippen LogP contribution < -0.4 is 24.8 Å². The summed E-state index contributed by atoms with van der Waals surface area (Å²) >= 11 is 0. The Labute approximate surface area is 155 Å². The number of nitrogens with zero attached hydrogens (tertiary/aromatic N) is 1. The second-order valence-corrected chi connectivity index (χ2v) is 7.25. The first-order chi connectivity index (χ1) is 12.5. The van der Waals surface area contributed by atoms with E-state index in [4.69, 9.17) is 18.9 Å². The van der Waals surface area contributed by atoms with Gasteiger partial charge in [0.05, 0.1) is 14.2 Å². The van der Waals surface area contributed by atoms with Crippen LogP contribution in [0, 0.1) is 5.82 Å². The molecule has 1 atom stereocenters. The molecule has 0 radical (unpaired) electrons. The number of halogens is 1. The maximum absolute atomic E-state index is 13.7. The Kier molecular flexibility index (Phi) is 7.64. The zero-order valence-corrected chi connectivity index (χ0v) is 16.8. The molecular formula is C19H25FNO4P. The van der Waals surface area contributed by atoms with E-state index in [9.17, 15) is 4.39 Å². The molecule has 2 aromatic carbocycles. The molecular weight excluding hydrogens is 356 g/mol. The molecule has 0 spiro atoms. The maximum atomic E-state index is 13.7. The van der Waals surface area contributed by atoms with E-state index in [-0.39, 0.29) is 21.2 Å². The fourth-order valence-electron chi connectivity index (χ4n) is 2.51. The lowest BCUT2D eigenvalue weighted by Crippen LogP contribution is -2.19. The number of ether oxygens (including phenoxy) is 4. The molecule has 0 saturated heterocycles. The summed E-state index contributed by atoms with van der Waals surface area (Å²) in [5.41, 5.74) is 0.938. The van der Waals surface area contributed by atoms with Crippen molar-refractivity contribution >= 4 is 19.2 Å². The van der Waals surface area contributed by atoms with E-state index in [0.29, 0.717) is 23.8 Å². The predicted octanol–water partition coefficient (Wildman–Crippen LogP) is 2.52. The van der Waals surface area contributed by atoms with Crippen LogP contribution in [0.4, 0.5) is 4.39 Å². The van der Waals surface area contributed by atoms with Gasteiger partial charge in [0.1, 0.15) is 11.6 Å². The van der Waals surface area contributed by atoms with Crippen LogP contribution in [0.25, 0.3) is 0 Å². The van der Waals surface area contributed by atoms with Crippen molar-refractivity contribution in [3.05, 3.63) is 41.7 Å². The summed E-state index contributed by atoms with van der Waals surface area (Å²) in [6.07, 6.45) is 0. The number of hydrogen-bond donors (Lipinski definition) is 0. The Hall–Kier alpha value is -1.88. The summed E-state index contributed by atoms with van der Waals surface area (Å²) < 4.78 is 35.3. The fourth-order valence-corrected chi connectivity index (χ4v) is 3.80. The quantitative estimate of drug-likeness (QED) is 0.493. The van der Waals surface area contributed by atoms with Crippen molar-refractivity contribution in [2.24, 2.45) is 0 Å². The van der Waals surface area contributed by atoms with Crippen molar-refractivity contribution in [3.8, 4) is 17.2 Å². The average Bonchev–Trinajstić information content (AvgIpc) is 2.61. The zero-order valence-electron chi connectivity index (χ0n) is 15.8. The Morgan fingerprint density at radius 3 is 2.38 bits per heavy atom. The minimum atomic E-state index is -0.241. The Morgan fingerprint density at radius 1 is 1.00 bits per heavy atom. The van der Waals surface area contributed by atoms with Gasteiger partial charge in [-0.15, -0.1) is 0 Å². The van der Waals surface area contributed by atoms with E-state index in [0.717, 1.165) is 16.2 Å². The first-order valence-electron chi connectivity index (χ1n) is 8.06. The molecule has 7 heteroatoms. The molecule has 0 N–H and O–H groups in total. The van der Waals surface area contributed by atoms with Gasteiger partial charge in [-0.3, -0.25) is 0 Å². The van der Waals surface area contributed by atoms with E-state index in [1.807, 2.05) is 31.1 Å². The highest BCUT2D eigenvalue weighted by Gasteiger charge is 2.16. The van der Waals surface area contributed by atoms with Crippen LogP contribution in [0.15, 0.2) is 30.3 Å². The van der Waals surface area contributed by atoms with Crippen LogP contribution in [-0.4, -0.2) is 47.1 Å². The van der Waals surface area contributed by atoms with Crippen molar-refractivity contribution in [2.75, 3.05) is 42.2 Å². The van der Waals surface area contributed by atoms with Gasteiger partial charge in [0, 0.05) is 25.0 Å². The third-order valence-electron chi connectivity index (χ3n) is 3.63. The molecule has 0 saturated carbocycles. The highest BCUT2D eigenvalue weighted by Crippen LogP contribution is 2.34. The van der Waals surface area contributed by atoms with Crippen molar-refractivity contribution in [1.82, 2.24) is 4.90 Å². The third-order valence-corrected chi connectivity index (χ3v) is 5.03. The summed E-state index contributed by atoms with van der Waals surface area (Å²) in [6.45, 7) is 0.754. The highest BCUT2D eigenvalue weighted by molar-refractivity contribution is 7.55. The van der Waals surface area contributed by atoms with Crippen LogP contribution in [0.2, 0.25) is 0 Å². The van der Waals surface area contributed by atoms with Crippen LogP contribution in [0.1, 0.15) is 5.56 Å². The van der Waals surface area contributed by atoms with Crippen LogP contribution in [0.5, 0.6) is 17.2 Å². The molecule has 0 aromatic heterocycles. The predicted molar refractivity (Wildman–Crippen MR) is 103 cm³/mol. The number of rotatable bonds is 9. The second kappa shape index (κ2) is 9.72. The molecule has 5 nitrogen and oxygen atoms in total. The SMILES string of the molecule is COCOc1c(OC)cc(OC)cc1Pc1ccc(F)cc1CN(C)C. The van der Waals surface area contributed by atoms with E-state index in [1.54, 1.807) is 33.5 Å². The van der Waals surface area contributed by atoms with Gasteiger partial charge < -0.3 is 23.8 Å². The topological polar surface area (TPSA) is 40.2 Å². The van der Waals surface area contributed by atoms with Gasteiger partial charge in [0.2, 0.25) is 0 Å². The third kappa shape index (κ3) is 5.31. The van der Waals surface area contributed by atoms with E-state index < -0.39 is 0 Å². The average molecular weight is 381 g/mol. The largest absolute Gasteiger partial charge is 0.497 e. The molecule has 0 aliphatic rings. The van der Waals surface area contributed by atoms with Gasteiger partial charge >= 0.3 is 0 Å². The normalized spacial score (nSPS) is 11.3. The van der Waals surface area contributed by atoms with E-state index >= 15 is 0 Å². The molecule has 142 valence electrons. The first kappa shape index (κ1) is 20.4. The summed E-state index contributed by atoms with van der Waals surface area (Å²) in [7, 11) is 8.91. The lowest BCUT2D eigenvalue weighted by Gasteiger charge is -2.18. The molecule has 2 rings (SSSR count). The maximum Gasteiger partial charge on any atom is 0.188 e. The van der Waals surface area contributed by atoms with Gasteiger partial charge in [-0.05, 0) is 43.2 Å². The lowest BCUT2D eigenvalue weighted by molar-refractivity contribution is 0.0499. The van der Waals surface area contributed by atoms with Crippen LogP contribution in [0.3, 0.4) is 0 Å². The first-order valence-corrected chi connectivity index (χ1v) is 9.06. The number of benzene rings is 2. The van der Waals surface area contributed by atoms with Crippen molar-refractivity contribution < 1.29 is 23.3 Å². The Morgan fingerprint density at radius 2 is 1.77 bits per heavy atom. The minimum absolute atomic E-state index is 0.105. The van der Waals surface area contributed by atoms with E-state index in [1.165, 1.54) is 6.07 Å². The molecule has 2 aromatic rings. The summed E-state index contributed by atoms with van der Waals surface area (Å²) in [6, 6.07) is 8.56. The summed E-state index contributed by atoms with van der Waals surface area (Å²) in [4.78, 5) is 2.01. The zero-order chi connectivity index (χ0) is 19.1. The summed E-state index contributed by atoms with van der Waals surface area (Å²) in [5.74, 6) is 1.61. The van der Waals surface area contributed by atoms with Gasteiger partial charge in [0.15, 0.2) is 18.3 Å². The fraction of sp³-hybridized carbons (Fsp3) is 0.368. The molecule has 26 heavy (non-hydrogen) atoms.